The minimum atomic E-state index is -0.297. The van der Waals surface area contributed by atoms with Gasteiger partial charge in [0.05, 0.1) is 16.1 Å². The van der Waals surface area contributed by atoms with Crippen molar-refractivity contribution in [1.82, 2.24) is 10.2 Å². The van der Waals surface area contributed by atoms with E-state index in [0.29, 0.717) is 36.5 Å². The van der Waals surface area contributed by atoms with Crippen LogP contribution in [0.2, 0.25) is 5.02 Å². The Morgan fingerprint density at radius 2 is 1.60 bits per heavy atom. The number of para-hydroxylation sites is 1. The first kappa shape index (κ1) is 17.3. The lowest BCUT2D eigenvalue weighted by atomic mass is 10.0. The van der Waals surface area contributed by atoms with E-state index < -0.39 is 0 Å². The van der Waals surface area contributed by atoms with Crippen LogP contribution in [0, 0.1) is 0 Å². The summed E-state index contributed by atoms with van der Waals surface area (Å²) in [6, 6.07) is 13.4. The summed E-state index contributed by atoms with van der Waals surface area (Å²) >= 11 is 6.09. The average molecular weight is 359 g/mol. The summed E-state index contributed by atoms with van der Waals surface area (Å²) in [6.07, 6.45) is 1.32. The van der Waals surface area contributed by atoms with E-state index in [0.717, 1.165) is 0 Å². The molecule has 1 heterocycles. The highest BCUT2D eigenvalue weighted by Gasteiger charge is 2.26. The Bertz CT molecular complexity index is 786. The second-order valence-corrected chi connectivity index (χ2v) is 6.44. The van der Waals surface area contributed by atoms with E-state index in [-0.39, 0.29) is 29.2 Å². The molecule has 2 aromatic rings. The lowest BCUT2D eigenvalue weighted by Crippen LogP contribution is -2.46. The van der Waals surface area contributed by atoms with Crippen LogP contribution in [0.1, 0.15) is 33.6 Å². The standard InChI is InChI=1S/C19H19ClN2O3/c20-16-7-3-1-5-14(16)19(25)22-11-9-13(10-12-22)21-18(24)15-6-2-4-8-17(15)23/h1-8,13,23H,9-12H2,(H,21,24). The molecular weight excluding hydrogens is 340 g/mol. The number of nitrogens with zero attached hydrogens (tertiary/aromatic N) is 1. The molecule has 6 heteroatoms. The normalized spacial score (nSPS) is 15.0. The largest absolute Gasteiger partial charge is 0.507 e. The monoisotopic (exact) mass is 358 g/mol. The maximum atomic E-state index is 12.5. The van der Waals surface area contributed by atoms with Gasteiger partial charge in [0.2, 0.25) is 0 Å². The molecule has 130 valence electrons. The molecule has 5 nitrogen and oxygen atoms in total. The van der Waals surface area contributed by atoms with Crippen molar-refractivity contribution in [2.24, 2.45) is 0 Å². The lowest BCUT2D eigenvalue weighted by molar-refractivity contribution is 0.0698. The van der Waals surface area contributed by atoms with Gasteiger partial charge < -0.3 is 15.3 Å². The van der Waals surface area contributed by atoms with Crippen molar-refractivity contribution in [2.75, 3.05) is 13.1 Å². The van der Waals surface area contributed by atoms with Gasteiger partial charge in [-0.3, -0.25) is 9.59 Å². The van der Waals surface area contributed by atoms with Gasteiger partial charge in [-0.2, -0.15) is 0 Å². The molecule has 0 aliphatic carbocycles. The van der Waals surface area contributed by atoms with Crippen molar-refractivity contribution < 1.29 is 14.7 Å². The SMILES string of the molecule is O=C(NC1CCN(C(=O)c2ccccc2Cl)CC1)c1ccccc1O. The molecule has 1 saturated heterocycles. The van der Waals surface area contributed by atoms with Gasteiger partial charge in [-0.15, -0.1) is 0 Å². The molecule has 3 rings (SSSR count). The van der Waals surface area contributed by atoms with Crippen molar-refractivity contribution in [3.63, 3.8) is 0 Å². The number of rotatable bonds is 3. The molecule has 0 radical (unpaired) electrons. The highest BCUT2D eigenvalue weighted by molar-refractivity contribution is 6.33. The minimum absolute atomic E-state index is 0.0256. The second kappa shape index (κ2) is 7.57. The van der Waals surface area contributed by atoms with E-state index in [4.69, 9.17) is 11.6 Å². The molecule has 2 aromatic carbocycles. The molecule has 2 amide bonds. The highest BCUT2D eigenvalue weighted by Crippen LogP contribution is 2.21. The van der Waals surface area contributed by atoms with Gasteiger partial charge in [0.1, 0.15) is 5.75 Å². The molecule has 25 heavy (non-hydrogen) atoms. The number of hydrogen-bond donors (Lipinski definition) is 2. The number of benzene rings is 2. The number of halogens is 1. The van der Waals surface area contributed by atoms with Gasteiger partial charge in [0, 0.05) is 19.1 Å². The third-order valence-corrected chi connectivity index (χ3v) is 4.70. The molecule has 1 aliphatic rings. The summed E-state index contributed by atoms with van der Waals surface area (Å²) in [4.78, 5) is 26.5. The Morgan fingerprint density at radius 1 is 1.00 bits per heavy atom. The average Bonchev–Trinajstić information content (AvgIpc) is 2.62. The third-order valence-electron chi connectivity index (χ3n) is 4.37. The minimum Gasteiger partial charge on any atom is -0.507 e. The van der Waals surface area contributed by atoms with Gasteiger partial charge in [-0.25, -0.2) is 0 Å². The van der Waals surface area contributed by atoms with Crippen LogP contribution >= 0.6 is 11.6 Å². The zero-order valence-corrected chi connectivity index (χ0v) is 14.4. The van der Waals surface area contributed by atoms with Crippen LogP contribution in [0.4, 0.5) is 0 Å². The summed E-state index contributed by atoms with van der Waals surface area (Å²) in [5, 5.41) is 13.1. The Kier molecular flexibility index (Phi) is 5.24. The van der Waals surface area contributed by atoms with Gasteiger partial charge >= 0.3 is 0 Å². The van der Waals surface area contributed by atoms with E-state index in [1.165, 1.54) is 6.07 Å². The first-order valence-corrected chi connectivity index (χ1v) is 8.56. The van der Waals surface area contributed by atoms with Crippen LogP contribution in [0.5, 0.6) is 5.75 Å². The zero-order chi connectivity index (χ0) is 17.8. The number of phenols is 1. The van der Waals surface area contributed by atoms with E-state index in [9.17, 15) is 14.7 Å². The first-order valence-electron chi connectivity index (χ1n) is 8.19. The van der Waals surface area contributed by atoms with Crippen molar-refractivity contribution in [2.45, 2.75) is 18.9 Å². The molecule has 0 saturated carbocycles. The maximum Gasteiger partial charge on any atom is 0.255 e. The number of carbonyl (C=O) groups excluding carboxylic acids is 2. The second-order valence-electron chi connectivity index (χ2n) is 6.04. The number of amides is 2. The fourth-order valence-electron chi connectivity index (χ4n) is 2.96. The fraction of sp³-hybridized carbons (Fsp3) is 0.263. The van der Waals surface area contributed by atoms with Crippen molar-refractivity contribution in [1.29, 1.82) is 0 Å². The van der Waals surface area contributed by atoms with E-state index >= 15 is 0 Å². The Labute approximate surface area is 151 Å². The summed E-state index contributed by atoms with van der Waals surface area (Å²) in [5.74, 6) is -0.420. The van der Waals surface area contributed by atoms with Crippen LogP contribution < -0.4 is 5.32 Å². The predicted molar refractivity (Wildman–Crippen MR) is 96.0 cm³/mol. The summed E-state index contributed by atoms with van der Waals surface area (Å²) in [5.41, 5.74) is 0.762. The summed E-state index contributed by atoms with van der Waals surface area (Å²) in [7, 11) is 0. The maximum absolute atomic E-state index is 12.5. The van der Waals surface area contributed by atoms with Gasteiger partial charge in [0.15, 0.2) is 0 Å². The fourth-order valence-corrected chi connectivity index (χ4v) is 3.18. The van der Waals surface area contributed by atoms with Gasteiger partial charge in [0.25, 0.3) is 11.8 Å². The number of aromatic hydroxyl groups is 1. The molecule has 0 spiro atoms. The predicted octanol–water partition coefficient (Wildman–Crippen LogP) is 3.08. The number of piperidine rings is 1. The van der Waals surface area contributed by atoms with Crippen molar-refractivity contribution in [3.05, 3.63) is 64.7 Å². The molecule has 0 bridgehead atoms. The molecule has 0 unspecified atom stereocenters. The molecule has 1 fully saturated rings. The molecule has 1 aliphatic heterocycles. The Hall–Kier alpha value is -2.53. The number of likely N-dealkylation sites (tertiary alicyclic amines) is 1. The zero-order valence-electron chi connectivity index (χ0n) is 13.6. The van der Waals surface area contributed by atoms with Crippen LogP contribution in [0.15, 0.2) is 48.5 Å². The molecule has 0 atom stereocenters. The van der Waals surface area contributed by atoms with E-state index in [1.54, 1.807) is 47.4 Å². The highest BCUT2D eigenvalue weighted by atomic mass is 35.5. The number of nitrogens with one attached hydrogen (secondary N) is 1. The Morgan fingerprint density at radius 3 is 2.24 bits per heavy atom. The third kappa shape index (κ3) is 3.94. The van der Waals surface area contributed by atoms with Crippen LogP contribution in [0.3, 0.4) is 0 Å². The van der Waals surface area contributed by atoms with E-state index in [2.05, 4.69) is 5.32 Å². The van der Waals surface area contributed by atoms with Crippen LogP contribution in [0.25, 0.3) is 0 Å². The van der Waals surface area contributed by atoms with Crippen molar-refractivity contribution >= 4 is 23.4 Å². The number of phenolic OH excluding ortho intramolecular Hbond substituents is 1. The topological polar surface area (TPSA) is 69.6 Å². The van der Waals surface area contributed by atoms with E-state index in [1.807, 2.05) is 0 Å². The first-order chi connectivity index (χ1) is 12.1. The van der Waals surface area contributed by atoms with Crippen LogP contribution in [-0.2, 0) is 0 Å². The van der Waals surface area contributed by atoms with Gasteiger partial charge in [-0.1, -0.05) is 35.9 Å². The quantitative estimate of drug-likeness (QED) is 0.885. The Balaban J connectivity index is 1.57. The molecule has 2 N–H and O–H groups in total. The van der Waals surface area contributed by atoms with Crippen LogP contribution in [-0.4, -0.2) is 41.0 Å². The number of carbonyl (C=O) groups is 2. The summed E-state index contributed by atoms with van der Waals surface area (Å²) < 4.78 is 0. The van der Waals surface area contributed by atoms with Crippen molar-refractivity contribution in [3.8, 4) is 5.75 Å². The molecule has 0 aromatic heterocycles. The smallest absolute Gasteiger partial charge is 0.255 e. The molecular formula is C19H19ClN2O3. The number of hydrogen-bond acceptors (Lipinski definition) is 3. The summed E-state index contributed by atoms with van der Waals surface area (Å²) in [6.45, 7) is 1.10. The van der Waals surface area contributed by atoms with Gasteiger partial charge in [-0.05, 0) is 37.1 Å². The lowest BCUT2D eigenvalue weighted by Gasteiger charge is -2.32.